The van der Waals surface area contributed by atoms with Gasteiger partial charge in [-0.25, -0.2) is 4.98 Å². The van der Waals surface area contributed by atoms with Crippen molar-refractivity contribution < 1.29 is 4.79 Å². The van der Waals surface area contributed by atoms with Crippen LogP contribution >= 0.6 is 11.8 Å². The maximum absolute atomic E-state index is 12.2. The van der Waals surface area contributed by atoms with E-state index in [1.54, 1.807) is 0 Å². The molecule has 0 spiro atoms. The molecule has 0 aliphatic rings. The van der Waals surface area contributed by atoms with Crippen LogP contribution in [0.5, 0.6) is 0 Å². The Bertz CT molecular complexity index is 669. The topological polar surface area (TPSA) is 72.2 Å². The number of carbonyl (C=O) groups is 1. The Morgan fingerprint density at radius 1 is 1.36 bits per heavy atom. The van der Waals surface area contributed by atoms with E-state index in [1.165, 1.54) is 11.8 Å². The van der Waals surface area contributed by atoms with Crippen LogP contribution < -0.4 is 5.32 Å². The van der Waals surface area contributed by atoms with E-state index in [0.29, 0.717) is 5.16 Å². The van der Waals surface area contributed by atoms with Gasteiger partial charge in [0.15, 0.2) is 10.8 Å². The quantitative estimate of drug-likeness (QED) is 0.828. The maximum Gasteiger partial charge on any atom is 0.233 e. The number of nitrogens with zero attached hydrogens (tertiary/aromatic N) is 4. The van der Waals surface area contributed by atoms with Gasteiger partial charge in [-0.1, -0.05) is 25.1 Å². The molecule has 0 fully saturated rings. The minimum absolute atomic E-state index is 0.0282. The second kappa shape index (κ2) is 7.09. The van der Waals surface area contributed by atoms with Crippen molar-refractivity contribution in [3.63, 3.8) is 0 Å². The zero-order chi connectivity index (χ0) is 16.3. The average Bonchev–Trinajstić information content (AvgIpc) is 2.81. The number of amides is 1. The molecule has 22 heavy (non-hydrogen) atoms. The van der Waals surface area contributed by atoms with Crippen molar-refractivity contribution >= 4 is 23.3 Å². The van der Waals surface area contributed by atoms with E-state index in [9.17, 15) is 4.79 Å². The predicted octanol–water partition coefficient (Wildman–Crippen LogP) is 2.53. The van der Waals surface area contributed by atoms with E-state index in [4.69, 9.17) is 0 Å². The van der Waals surface area contributed by atoms with Gasteiger partial charge in [0, 0.05) is 17.8 Å². The fraction of sp³-hybridized carbons (Fsp3) is 0.600. The highest BCUT2D eigenvalue weighted by molar-refractivity contribution is 8.00. The van der Waals surface area contributed by atoms with Crippen molar-refractivity contribution in [3.05, 3.63) is 17.6 Å². The van der Waals surface area contributed by atoms with Crippen LogP contribution in [0.2, 0.25) is 0 Å². The summed E-state index contributed by atoms with van der Waals surface area (Å²) < 4.78 is 1.89. The molecule has 0 bridgehead atoms. The van der Waals surface area contributed by atoms with Crippen LogP contribution in [0.1, 0.15) is 45.1 Å². The Morgan fingerprint density at radius 2 is 2.09 bits per heavy atom. The number of hydrogen-bond acceptors (Lipinski definition) is 5. The van der Waals surface area contributed by atoms with Crippen molar-refractivity contribution in [1.82, 2.24) is 24.9 Å². The third kappa shape index (κ3) is 3.76. The number of hydrogen-bond donors (Lipinski definition) is 1. The van der Waals surface area contributed by atoms with Crippen LogP contribution in [0.3, 0.4) is 0 Å². The highest BCUT2D eigenvalue weighted by Crippen LogP contribution is 2.23. The summed E-state index contributed by atoms with van der Waals surface area (Å²) in [5, 5.41) is 11.9. The molecule has 2 rings (SSSR count). The van der Waals surface area contributed by atoms with Gasteiger partial charge in [0.05, 0.1) is 5.25 Å². The third-order valence-corrected chi connectivity index (χ3v) is 4.46. The number of rotatable bonds is 6. The average molecular weight is 321 g/mol. The second-order valence-electron chi connectivity index (χ2n) is 5.58. The summed E-state index contributed by atoms with van der Waals surface area (Å²) in [4.78, 5) is 16.7. The van der Waals surface area contributed by atoms with Gasteiger partial charge >= 0.3 is 0 Å². The van der Waals surface area contributed by atoms with Gasteiger partial charge in [-0.3, -0.25) is 9.20 Å². The lowest BCUT2D eigenvalue weighted by Gasteiger charge is -2.16. The molecule has 2 aromatic heterocycles. The van der Waals surface area contributed by atoms with E-state index < -0.39 is 0 Å². The molecule has 7 heteroatoms. The largest absolute Gasteiger partial charge is 0.353 e. The minimum atomic E-state index is -0.229. The molecule has 0 aromatic carbocycles. The van der Waals surface area contributed by atoms with E-state index in [-0.39, 0.29) is 17.2 Å². The first-order valence-corrected chi connectivity index (χ1v) is 8.46. The van der Waals surface area contributed by atoms with Crippen LogP contribution in [0, 0.1) is 13.8 Å². The molecule has 6 nitrogen and oxygen atoms in total. The summed E-state index contributed by atoms with van der Waals surface area (Å²) in [5.74, 6) is 0.856. The zero-order valence-corrected chi connectivity index (χ0v) is 14.6. The molecule has 120 valence electrons. The smallest absolute Gasteiger partial charge is 0.233 e. The van der Waals surface area contributed by atoms with Crippen molar-refractivity contribution in [2.45, 2.75) is 63.9 Å². The normalized spacial score (nSPS) is 14.0. The Balaban J connectivity index is 2.12. The molecule has 2 heterocycles. The van der Waals surface area contributed by atoms with Gasteiger partial charge in [-0.05, 0) is 34.1 Å². The lowest BCUT2D eigenvalue weighted by atomic mass is 10.2. The van der Waals surface area contributed by atoms with Crippen molar-refractivity contribution in [2.24, 2.45) is 0 Å². The molecule has 0 radical (unpaired) electrons. The molecular weight excluding hydrogens is 298 g/mol. The summed E-state index contributed by atoms with van der Waals surface area (Å²) in [7, 11) is 0. The number of aryl methyl sites for hydroxylation is 2. The van der Waals surface area contributed by atoms with Crippen LogP contribution in [-0.4, -0.2) is 36.8 Å². The molecule has 1 N–H and O–H groups in total. The molecule has 2 aromatic rings. The van der Waals surface area contributed by atoms with Gasteiger partial charge in [-0.2, -0.15) is 0 Å². The first-order valence-electron chi connectivity index (χ1n) is 7.58. The Morgan fingerprint density at radius 3 is 2.77 bits per heavy atom. The number of aromatic nitrogens is 4. The van der Waals surface area contributed by atoms with Crippen LogP contribution in [0.15, 0.2) is 11.2 Å². The fourth-order valence-electron chi connectivity index (χ4n) is 2.36. The Kier molecular flexibility index (Phi) is 5.39. The lowest BCUT2D eigenvalue weighted by Crippen LogP contribution is -2.37. The van der Waals surface area contributed by atoms with Crippen molar-refractivity contribution in [2.75, 3.05) is 0 Å². The fourth-order valence-corrected chi connectivity index (χ4v) is 3.27. The first-order chi connectivity index (χ1) is 10.4. The number of carbonyl (C=O) groups excluding carboxylic acids is 1. The monoisotopic (exact) mass is 321 g/mol. The molecule has 1 amide bonds. The summed E-state index contributed by atoms with van der Waals surface area (Å²) in [6.45, 7) is 9.88. The van der Waals surface area contributed by atoms with E-state index in [1.807, 2.05) is 38.2 Å². The SMILES string of the molecule is CCCC(C)NC(=O)C(C)Sc1nnc2cc(C)nc(C)n12. The van der Waals surface area contributed by atoms with Crippen molar-refractivity contribution in [1.29, 1.82) is 0 Å². The molecule has 0 saturated carbocycles. The van der Waals surface area contributed by atoms with Crippen LogP contribution in [0.25, 0.3) is 5.65 Å². The minimum Gasteiger partial charge on any atom is -0.353 e. The predicted molar refractivity (Wildman–Crippen MR) is 88.1 cm³/mol. The molecule has 0 saturated heterocycles. The molecule has 0 aliphatic carbocycles. The summed E-state index contributed by atoms with van der Waals surface area (Å²) in [6.07, 6.45) is 2.04. The highest BCUT2D eigenvalue weighted by Gasteiger charge is 2.20. The van der Waals surface area contributed by atoms with E-state index >= 15 is 0 Å². The molecule has 2 atom stereocenters. The van der Waals surface area contributed by atoms with Gasteiger partial charge in [0.25, 0.3) is 0 Å². The van der Waals surface area contributed by atoms with Crippen LogP contribution in [0.4, 0.5) is 0 Å². The number of fused-ring (bicyclic) bond motifs is 1. The lowest BCUT2D eigenvalue weighted by molar-refractivity contribution is -0.120. The third-order valence-electron chi connectivity index (χ3n) is 3.42. The maximum atomic E-state index is 12.2. The first kappa shape index (κ1) is 16.7. The standard InChI is InChI=1S/C15H23N5OS/c1-6-7-9(2)17-14(21)11(4)22-15-19-18-13-8-10(3)16-12(5)20(13)15/h8-9,11H,6-7H2,1-5H3,(H,17,21). The van der Waals surface area contributed by atoms with E-state index in [0.717, 1.165) is 30.0 Å². The van der Waals surface area contributed by atoms with Gasteiger partial charge in [-0.15, -0.1) is 10.2 Å². The second-order valence-corrected chi connectivity index (χ2v) is 6.89. The number of nitrogens with one attached hydrogen (secondary N) is 1. The molecule has 0 aliphatic heterocycles. The Labute approximate surface area is 135 Å². The van der Waals surface area contributed by atoms with E-state index in [2.05, 4.69) is 27.4 Å². The summed E-state index contributed by atoms with van der Waals surface area (Å²) in [5.41, 5.74) is 1.67. The highest BCUT2D eigenvalue weighted by atomic mass is 32.2. The van der Waals surface area contributed by atoms with Gasteiger partial charge in [0.1, 0.15) is 5.82 Å². The summed E-state index contributed by atoms with van der Waals surface area (Å²) >= 11 is 1.41. The number of thioether (sulfide) groups is 1. The Hall–Kier alpha value is -1.63. The van der Waals surface area contributed by atoms with Gasteiger partial charge < -0.3 is 5.32 Å². The van der Waals surface area contributed by atoms with Gasteiger partial charge in [0.2, 0.25) is 5.91 Å². The molecule has 2 unspecified atom stereocenters. The molecular formula is C15H23N5OS. The summed E-state index contributed by atoms with van der Waals surface area (Å²) in [6, 6.07) is 2.08. The van der Waals surface area contributed by atoms with Crippen LogP contribution in [-0.2, 0) is 4.79 Å². The zero-order valence-electron chi connectivity index (χ0n) is 13.8. The van der Waals surface area contributed by atoms with Crippen molar-refractivity contribution in [3.8, 4) is 0 Å².